The van der Waals surface area contributed by atoms with E-state index in [-0.39, 0.29) is 17.3 Å². The molecule has 0 bridgehead atoms. The van der Waals surface area contributed by atoms with Crippen LogP contribution in [0.5, 0.6) is 17.2 Å². The van der Waals surface area contributed by atoms with Crippen molar-refractivity contribution < 1.29 is 19.4 Å². The minimum absolute atomic E-state index is 0.0645. The molecule has 0 saturated carbocycles. The molecule has 114 valence electrons. The van der Waals surface area contributed by atoms with Crippen molar-refractivity contribution in [1.82, 2.24) is 4.98 Å². The van der Waals surface area contributed by atoms with Crippen LogP contribution in [0, 0.1) is 0 Å². The van der Waals surface area contributed by atoms with Gasteiger partial charge in [-0.2, -0.15) is 0 Å². The molecule has 1 aliphatic heterocycles. The Morgan fingerprint density at radius 3 is 2.91 bits per heavy atom. The number of nitrogens with one attached hydrogen (secondary N) is 1. The van der Waals surface area contributed by atoms with Gasteiger partial charge in [0, 0.05) is 28.7 Å². The predicted octanol–water partition coefficient (Wildman–Crippen LogP) is 3.50. The van der Waals surface area contributed by atoms with Crippen LogP contribution >= 0.6 is 0 Å². The first-order valence-corrected chi connectivity index (χ1v) is 7.08. The number of fused-ring (bicyclic) bond motifs is 2. The van der Waals surface area contributed by atoms with E-state index in [1.54, 1.807) is 19.3 Å². The van der Waals surface area contributed by atoms with E-state index in [2.05, 4.69) is 4.98 Å². The van der Waals surface area contributed by atoms with Gasteiger partial charge in [-0.05, 0) is 36.4 Å². The van der Waals surface area contributed by atoms with E-state index in [1.807, 2.05) is 24.4 Å². The highest BCUT2D eigenvalue weighted by Crippen LogP contribution is 2.35. The zero-order valence-electron chi connectivity index (χ0n) is 12.3. The third-order valence-corrected chi connectivity index (χ3v) is 3.86. The van der Waals surface area contributed by atoms with E-state index < -0.39 is 0 Å². The fraction of sp³-hybridized carbons (Fsp3) is 0.0556. The summed E-state index contributed by atoms with van der Waals surface area (Å²) in [5.74, 6) is 1.21. The van der Waals surface area contributed by atoms with Gasteiger partial charge in [-0.3, -0.25) is 4.79 Å². The summed E-state index contributed by atoms with van der Waals surface area (Å²) in [6.45, 7) is 0. The number of rotatable bonds is 2. The summed E-state index contributed by atoms with van der Waals surface area (Å²) in [6, 6.07) is 10.2. The Hall–Kier alpha value is -3.21. The Labute approximate surface area is 131 Å². The van der Waals surface area contributed by atoms with Crippen LogP contribution in [0.2, 0.25) is 0 Å². The van der Waals surface area contributed by atoms with Crippen molar-refractivity contribution in [3.8, 4) is 17.2 Å². The smallest absolute Gasteiger partial charge is 0.231 e. The van der Waals surface area contributed by atoms with Gasteiger partial charge in [0.2, 0.25) is 5.78 Å². The van der Waals surface area contributed by atoms with Crippen molar-refractivity contribution in [2.24, 2.45) is 0 Å². The molecule has 0 saturated heterocycles. The molecule has 0 radical (unpaired) electrons. The van der Waals surface area contributed by atoms with Crippen molar-refractivity contribution in [2.75, 3.05) is 7.11 Å². The van der Waals surface area contributed by atoms with Crippen LogP contribution in [0.3, 0.4) is 0 Å². The molecular weight excluding hydrogens is 294 g/mol. The third kappa shape index (κ3) is 2.14. The molecule has 0 aliphatic carbocycles. The predicted molar refractivity (Wildman–Crippen MR) is 85.9 cm³/mol. The fourth-order valence-electron chi connectivity index (χ4n) is 2.68. The summed E-state index contributed by atoms with van der Waals surface area (Å²) >= 11 is 0. The number of aromatic hydroxyl groups is 1. The second-order valence-electron chi connectivity index (χ2n) is 5.28. The van der Waals surface area contributed by atoms with Gasteiger partial charge in [-0.15, -0.1) is 0 Å². The lowest BCUT2D eigenvalue weighted by Crippen LogP contribution is -1.97. The number of allylic oxidation sites excluding steroid dienone is 1. The monoisotopic (exact) mass is 307 g/mol. The lowest BCUT2D eigenvalue weighted by atomic mass is 10.1. The molecule has 2 heterocycles. The van der Waals surface area contributed by atoms with E-state index >= 15 is 0 Å². The molecule has 5 heteroatoms. The third-order valence-electron chi connectivity index (χ3n) is 3.86. The van der Waals surface area contributed by atoms with Gasteiger partial charge in [0.1, 0.15) is 17.2 Å². The Balaban J connectivity index is 1.78. The zero-order chi connectivity index (χ0) is 16.0. The number of carbonyl (C=O) groups is 1. The van der Waals surface area contributed by atoms with E-state index in [0.717, 1.165) is 22.2 Å². The molecule has 0 atom stereocenters. The molecule has 1 aromatic heterocycles. The number of ketones is 1. The molecule has 0 spiro atoms. The lowest BCUT2D eigenvalue weighted by molar-refractivity contribution is 0.101. The van der Waals surface area contributed by atoms with E-state index in [4.69, 9.17) is 9.47 Å². The molecule has 4 rings (SSSR count). The summed E-state index contributed by atoms with van der Waals surface area (Å²) in [6.07, 6.45) is 3.51. The van der Waals surface area contributed by atoms with Crippen LogP contribution in [0.25, 0.3) is 17.0 Å². The van der Waals surface area contributed by atoms with Gasteiger partial charge in [0.25, 0.3) is 0 Å². The van der Waals surface area contributed by atoms with Gasteiger partial charge in [-0.1, -0.05) is 0 Å². The van der Waals surface area contributed by atoms with Crippen molar-refractivity contribution in [2.45, 2.75) is 0 Å². The number of H-pyrrole nitrogens is 1. The number of hydrogen-bond donors (Lipinski definition) is 2. The largest absolute Gasteiger partial charge is 0.508 e. The molecule has 0 unspecified atom stereocenters. The highest BCUT2D eigenvalue weighted by molar-refractivity contribution is 6.15. The fourth-order valence-corrected chi connectivity index (χ4v) is 2.68. The van der Waals surface area contributed by atoms with Crippen molar-refractivity contribution in [1.29, 1.82) is 0 Å². The van der Waals surface area contributed by atoms with Crippen LogP contribution in [-0.4, -0.2) is 23.0 Å². The summed E-state index contributed by atoms with van der Waals surface area (Å²) in [4.78, 5) is 15.5. The number of aromatic nitrogens is 1. The summed E-state index contributed by atoms with van der Waals surface area (Å²) in [5, 5.41) is 10.4. The number of phenols is 1. The van der Waals surface area contributed by atoms with Crippen molar-refractivity contribution >= 4 is 22.8 Å². The van der Waals surface area contributed by atoms with Gasteiger partial charge in [-0.25, -0.2) is 0 Å². The molecule has 23 heavy (non-hydrogen) atoms. The SMILES string of the molecule is COc1ccc2[nH]cc(/C=C3\Oc4cc(O)ccc4C3=O)c2c1. The van der Waals surface area contributed by atoms with Crippen molar-refractivity contribution in [3.05, 3.63) is 59.5 Å². The first kappa shape index (κ1) is 13.5. The summed E-state index contributed by atoms with van der Waals surface area (Å²) in [7, 11) is 1.61. The van der Waals surface area contributed by atoms with Crippen LogP contribution < -0.4 is 9.47 Å². The molecule has 2 aromatic carbocycles. The maximum absolute atomic E-state index is 12.4. The first-order valence-electron chi connectivity index (χ1n) is 7.08. The molecule has 0 amide bonds. The van der Waals surface area contributed by atoms with Gasteiger partial charge >= 0.3 is 0 Å². The highest BCUT2D eigenvalue weighted by atomic mass is 16.5. The average Bonchev–Trinajstić information content (AvgIpc) is 3.09. The maximum atomic E-state index is 12.4. The number of ether oxygens (including phenoxy) is 2. The Kier molecular flexibility index (Phi) is 2.87. The minimum Gasteiger partial charge on any atom is -0.508 e. The quantitative estimate of drug-likeness (QED) is 0.711. The normalized spacial score (nSPS) is 15.0. The van der Waals surface area contributed by atoms with Crippen LogP contribution in [0.1, 0.15) is 15.9 Å². The van der Waals surface area contributed by atoms with Gasteiger partial charge in [0.15, 0.2) is 5.76 Å². The number of phenolic OH excluding ortho intramolecular Hbond substituents is 1. The lowest BCUT2D eigenvalue weighted by Gasteiger charge is -2.00. The minimum atomic E-state index is -0.197. The van der Waals surface area contributed by atoms with Crippen LogP contribution in [0.15, 0.2) is 48.4 Å². The van der Waals surface area contributed by atoms with Crippen LogP contribution in [-0.2, 0) is 0 Å². The summed E-state index contributed by atoms with van der Waals surface area (Å²) in [5.41, 5.74) is 2.23. The first-order chi connectivity index (χ1) is 11.2. The van der Waals surface area contributed by atoms with E-state index in [0.29, 0.717) is 11.3 Å². The second-order valence-corrected chi connectivity index (χ2v) is 5.28. The Bertz CT molecular complexity index is 968. The van der Waals surface area contributed by atoms with Crippen LogP contribution in [0.4, 0.5) is 0 Å². The maximum Gasteiger partial charge on any atom is 0.231 e. The van der Waals surface area contributed by atoms with Gasteiger partial charge < -0.3 is 19.6 Å². The van der Waals surface area contributed by atoms with E-state index in [1.165, 1.54) is 12.1 Å². The number of carbonyl (C=O) groups excluding carboxylic acids is 1. The molecular formula is C18H13NO4. The molecule has 5 nitrogen and oxygen atoms in total. The Morgan fingerprint density at radius 1 is 1.22 bits per heavy atom. The topological polar surface area (TPSA) is 71.6 Å². The number of aromatic amines is 1. The van der Waals surface area contributed by atoms with Crippen molar-refractivity contribution in [3.63, 3.8) is 0 Å². The summed E-state index contributed by atoms with van der Waals surface area (Å²) < 4.78 is 10.8. The van der Waals surface area contributed by atoms with E-state index in [9.17, 15) is 9.90 Å². The van der Waals surface area contributed by atoms with Gasteiger partial charge in [0.05, 0.1) is 12.7 Å². The zero-order valence-corrected chi connectivity index (χ0v) is 12.3. The number of benzene rings is 2. The molecule has 2 N–H and O–H groups in total. The number of methoxy groups -OCH3 is 1. The standard InChI is InChI=1S/C18H13NO4/c1-22-12-3-5-15-14(8-12)10(9-19-15)6-17-18(21)13-4-2-11(20)7-16(13)23-17/h2-9,19-20H,1H3/b17-6-. The number of hydrogen-bond acceptors (Lipinski definition) is 4. The Morgan fingerprint density at radius 2 is 2.09 bits per heavy atom. The highest BCUT2D eigenvalue weighted by Gasteiger charge is 2.27. The molecule has 3 aromatic rings. The number of Topliss-reactive ketones (excluding diaryl/α,β-unsaturated/α-hetero) is 1. The molecule has 0 fully saturated rings. The molecule has 1 aliphatic rings. The second kappa shape index (κ2) is 4.91. The average molecular weight is 307 g/mol.